The highest BCUT2D eigenvalue weighted by Crippen LogP contribution is 2.26. The van der Waals surface area contributed by atoms with Gasteiger partial charge in [-0.15, -0.1) is 0 Å². The van der Waals surface area contributed by atoms with Crippen LogP contribution in [0, 0.1) is 6.92 Å². The Bertz CT molecular complexity index is 816. The molecule has 0 aromatic carbocycles. The molecule has 0 fully saturated rings. The monoisotopic (exact) mass is 313 g/mol. The first-order valence-corrected chi connectivity index (χ1v) is 8.08. The van der Waals surface area contributed by atoms with Crippen LogP contribution in [0.3, 0.4) is 0 Å². The lowest BCUT2D eigenvalue weighted by molar-refractivity contribution is 0.0706. The van der Waals surface area contributed by atoms with Gasteiger partial charge in [0, 0.05) is 24.0 Å². The molecule has 5 nitrogen and oxygen atoms in total. The molecule has 0 saturated heterocycles. The Morgan fingerprint density at radius 3 is 3.00 bits per heavy atom. The van der Waals surface area contributed by atoms with Gasteiger partial charge in [-0.05, 0) is 24.4 Å². The summed E-state index contributed by atoms with van der Waals surface area (Å²) in [7, 11) is 0. The number of imidazole rings is 1. The number of amides is 1. The number of aryl methyl sites for hydroxylation is 1. The van der Waals surface area contributed by atoms with Crippen molar-refractivity contribution in [3.05, 3.63) is 52.5 Å². The fraction of sp³-hybridized carbons (Fsp3) is 0.250. The minimum atomic E-state index is 0.0117. The van der Waals surface area contributed by atoms with Crippen LogP contribution in [0.15, 0.2) is 39.8 Å². The topological polar surface area (TPSA) is 51.3 Å². The lowest BCUT2D eigenvalue weighted by Crippen LogP contribution is -2.38. The van der Waals surface area contributed by atoms with E-state index in [1.807, 2.05) is 18.0 Å². The Labute approximate surface area is 131 Å². The van der Waals surface area contributed by atoms with Crippen molar-refractivity contribution in [2.45, 2.75) is 20.0 Å². The smallest absolute Gasteiger partial charge is 0.257 e. The van der Waals surface area contributed by atoms with Crippen molar-refractivity contribution in [3.8, 4) is 11.3 Å². The third kappa shape index (κ3) is 2.07. The van der Waals surface area contributed by atoms with Gasteiger partial charge in [0.2, 0.25) is 0 Å². The predicted molar refractivity (Wildman–Crippen MR) is 83.7 cm³/mol. The summed E-state index contributed by atoms with van der Waals surface area (Å²) in [6.45, 7) is 3.80. The number of furan rings is 1. The second-order valence-electron chi connectivity index (χ2n) is 5.34. The maximum Gasteiger partial charge on any atom is 0.257 e. The molecule has 0 N–H and O–H groups in total. The summed E-state index contributed by atoms with van der Waals surface area (Å²) in [6, 6.07) is 3.83. The fourth-order valence-electron chi connectivity index (χ4n) is 2.85. The first-order valence-electron chi connectivity index (χ1n) is 7.14. The minimum absolute atomic E-state index is 0.0117. The highest BCUT2D eigenvalue weighted by atomic mass is 32.1. The maximum atomic E-state index is 12.6. The van der Waals surface area contributed by atoms with Gasteiger partial charge in [-0.25, -0.2) is 4.98 Å². The first-order chi connectivity index (χ1) is 10.7. The van der Waals surface area contributed by atoms with Gasteiger partial charge in [0.15, 0.2) is 0 Å². The molecule has 1 amide bonds. The van der Waals surface area contributed by atoms with Crippen molar-refractivity contribution in [3.63, 3.8) is 0 Å². The summed E-state index contributed by atoms with van der Waals surface area (Å²) in [5, 5.41) is 4.19. The van der Waals surface area contributed by atoms with Crippen LogP contribution in [-0.2, 0) is 13.1 Å². The normalized spacial score (nSPS) is 14.1. The summed E-state index contributed by atoms with van der Waals surface area (Å²) in [6.07, 6.45) is 3.45. The molecule has 0 bridgehead atoms. The van der Waals surface area contributed by atoms with E-state index in [2.05, 4.69) is 26.4 Å². The number of nitrogens with zero attached hydrogens (tertiary/aromatic N) is 3. The number of rotatable bonds is 2. The number of carbonyl (C=O) groups excluding carboxylic acids is 1. The van der Waals surface area contributed by atoms with Gasteiger partial charge < -0.3 is 13.9 Å². The Morgan fingerprint density at radius 2 is 2.27 bits per heavy atom. The van der Waals surface area contributed by atoms with Gasteiger partial charge in [-0.3, -0.25) is 4.79 Å². The largest absolute Gasteiger partial charge is 0.469 e. The Morgan fingerprint density at radius 1 is 1.36 bits per heavy atom. The zero-order chi connectivity index (χ0) is 15.1. The van der Waals surface area contributed by atoms with E-state index in [4.69, 9.17) is 4.42 Å². The summed E-state index contributed by atoms with van der Waals surface area (Å²) >= 11 is 1.68. The molecule has 1 aliphatic heterocycles. The molecule has 1 aliphatic rings. The van der Waals surface area contributed by atoms with Crippen LogP contribution < -0.4 is 0 Å². The van der Waals surface area contributed by atoms with Crippen LogP contribution in [-0.4, -0.2) is 26.9 Å². The lowest BCUT2D eigenvalue weighted by Gasteiger charge is -2.28. The van der Waals surface area contributed by atoms with Crippen molar-refractivity contribution >= 4 is 17.2 Å². The third-order valence-corrected chi connectivity index (χ3v) is 4.74. The summed E-state index contributed by atoms with van der Waals surface area (Å²) < 4.78 is 7.43. The van der Waals surface area contributed by atoms with Gasteiger partial charge in [0.25, 0.3) is 5.91 Å². The van der Waals surface area contributed by atoms with E-state index >= 15 is 0 Å². The average Bonchev–Trinajstić information content (AvgIpc) is 3.25. The van der Waals surface area contributed by atoms with Crippen LogP contribution in [0.2, 0.25) is 0 Å². The Balaban J connectivity index is 1.61. The molecule has 0 radical (unpaired) electrons. The van der Waals surface area contributed by atoms with E-state index in [0.29, 0.717) is 24.4 Å². The van der Waals surface area contributed by atoms with E-state index in [0.717, 1.165) is 18.1 Å². The van der Waals surface area contributed by atoms with Gasteiger partial charge >= 0.3 is 0 Å². The molecule has 0 aliphatic carbocycles. The summed E-state index contributed by atoms with van der Waals surface area (Å²) in [5.41, 5.74) is 2.95. The second kappa shape index (κ2) is 5.14. The van der Waals surface area contributed by atoms with Crippen LogP contribution in [0.4, 0.5) is 0 Å². The van der Waals surface area contributed by atoms with Crippen molar-refractivity contribution in [1.29, 1.82) is 0 Å². The van der Waals surface area contributed by atoms with Crippen molar-refractivity contribution in [2.24, 2.45) is 0 Å². The zero-order valence-electron chi connectivity index (χ0n) is 12.2. The molecule has 3 aromatic heterocycles. The fourth-order valence-corrected chi connectivity index (χ4v) is 3.50. The predicted octanol–water partition coefficient (Wildman–Crippen LogP) is 3.17. The molecule has 112 valence electrons. The Hall–Kier alpha value is -2.34. The van der Waals surface area contributed by atoms with E-state index < -0.39 is 0 Å². The highest BCUT2D eigenvalue weighted by Gasteiger charge is 2.26. The molecular weight excluding hydrogens is 298 g/mol. The van der Waals surface area contributed by atoms with Crippen LogP contribution in [0.5, 0.6) is 0 Å². The highest BCUT2D eigenvalue weighted by molar-refractivity contribution is 7.08. The number of carbonyl (C=O) groups is 1. The SMILES string of the molecule is Cc1occc1C(=O)N1CCn2c(-c3ccsc3)cnc2C1. The number of aromatic nitrogens is 2. The quantitative estimate of drug-likeness (QED) is 0.730. The maximum absolute atomic E-state index is 12.6. The number of hydrogen-bond acceptors (Lipinski definition) is 4. The van der Waals surface area contributed by atoms with Crippen molar-refractivity contribution in [2.75, 3.05) is 6.54 Å². The minimum Gasteiger partial charge on any atom is -0.469 e. The molecule has 0 atom stereocenters. The molecule has 6 heteroatoms. The molecule has 3 aromatic rings. The molecule has 0 unspecified atom stereocenters. The molecule has 4 heterocycles. The van der Waals surface area contributed by atoms with E-state index in [9.17, 15) is 4.79 Å². The van der Waals surface area contributed by atoms with Crippen LogP contribution in [0.25, 0.3) is 11.3 Å². The van der Waals surface area contributed by atoms with E-state index in [1.165, 1.54) is 5.56 Å². The summed E-state index contributed by atoms with van der Waals surface area (Å²) in [4.78, 5) is 18.9. The van der Waals surface area contributed by atoms with Crippen molar-refractivity contribution in [1.82, 2.24) is 14.5 Å². The number of fused-ring (bicyclic) bond motifs is 1. The second-order valence-corrected chi connectivity index (χ2v) is 6.12. The molecule has 4 rings (SSSR count). The van der Waals surface area contributed by atoms with Gasteiger partial charge in [0.05, 0.1) is 30.3 Å². The molecular formula is C16H15N3O2S. The Kier molecular flexibility index (Phi) is 3.11. The zero-order valence-corrected chi connectivity index (χ0v) is 13.0. The van der Waals surface area contributed by atoms with E-state index in [1.54, 1.807) is 23.7 Å². The third-order valence-electron chi connectivity index (χ3n) is 4.06. The molecule has 0 saturated carbocycles. The van der Waals surface area contributed by atoms with Gasteiger partial charge in [-0.1, -0.05) is 0 Å². The van der Waals surface area contributed by atoms with Gasteiger partial charge in [-0.2, -0.15) is 11.3 Å². The molecule has 0 spiro atoms. The standard InChI is InChI=1S/C16H15N3O2S/c1-11-13(2-6-21-11)16(20)18-4-5-19-14(8-17-15(19)9-18)12-3-7-22-10-12/h2-3,6-8,10H,4-5,9H2,1H3. The van der Waals surface area contributed by atoms with Crippen molar-refractivity contribution < 1.29 is 9.21 Å². The first kappa shape index (κ1) is 13.3. The van der Waals surface area contributed by atoms with Gasteiger partial charge in [0.1, 0.15) is 11.6 Å². The summed E-state index contributed by atoms with van der Waals surface area (Å²) in [5.74, 6) is 1.61. The average molecular weight is 313 g/mol. The lowest BCUT2D eigenvalue weighted by atomic mass is 10.2. The molecule has 22 heavy (non-hydrogen) atoms. The number of thiophene rings is 1. The van der Waals surface area contributed by atoms with Crippen LogP contribution in [0.1, 0.15) is 21.9 Å². The van der Waals surface area contributed by atoms with Crippen LogP contribution >= 0.6 is 11.3 Å². The van der Waals surface area contributed by atoms with E-state index in [-0.39, 0.29) is 5.91 Å². The number of hydrogen-bond donors (Lipinski definition) is 0.